The van der Waals surface area contributed by atoms with E-state index in [9.17, 15) is 13.2 Å². The normalized spacial score (nSPS) is 14.0. The van der Waals surface area contributed by atoms with E-state index in [0.29, 0.717) is 18.8 Å². The molecule has 0 aliphatic carbocycles. The second-order valence-electron chi connectivity index (χ2n) is 8.35. The molecule has 2 aromatic carbocycles. The number of aryl methyl sites for hydroxylation is 2. The molecule has 0 saturated heterocycles. The highest BCUT2D eigenvalue weighted by Crippen LogP contribution is 2.30. The first-order chi connectivity index (χ1) is 16.5. The fraction of sp³-hybridized carbons (Fsp3) is 0.444. The van der Waals surface area contributed by atoms with Crippen LogP contribution in [0.15, 0.2) is 53.7 Å². The summed E-state index contributed by atoms with van der Waals surface area (Å²) in [5.74, 6) is 2.13. The Kier molecular flexibility index (Phi) is 10.5. The van der Waals surface area contributed by atoms with Crippen LogP contribution < -0.4 is 14.2 Å². The minimum absolute atomic E-state index is 0.0461. The maximum absolute atomic E-state index is 13.1. The Bertz CT molecular complexity index is 977. The summed E-state index contributed by atoms with van der Waals surface area (Å²) in [5.41, 5.74) is 0.831. The summed E-state index contributed by atoms with van der Waals surface area (Å²) in [7, 11) is 1.08. The maximum atomic E-state index is 13.1. The van der Waals surface area contributed by atoms with E-state index in [1.807, 2.05) is 58.9 Å². The summed E-state index contributed by atoms with van der Waals surface area (Å²) >= 11 is 0. The highest BCUT2D eigenvalue weighted by molar-refractivity contribution is 6.04. The third-order valence-electron chi connectivity index (χ3n) is 5.23. The van der Waals surface area contributed by atoms with Crippen molar-refractivity contribution in [3.8, 4) is 17.2 Å². The van der Waals surface area contributed by atoms with Gasteiger partial charge in [0.1, 0.15) is 31.0 Å². The van der Waals surface area contributed by atoms with Gasteiger partial charge >= 0.3 is 6.18 Å². The van der Waals surface area contributed by atoms with E-state index in [4.69, 9.17) is 14.2 Å². The standard InChI is InChI=1S/C27H34F3NO4/c1-7-8-15-33-24-16-18(2)25(19(3)17-24)35-21(5)10-9-20(4)34-23-13-11-22(12-14-23)26(31-32-6)27(28,29)30/h7-8,11-14,16-17,20-21H,9-10,15H2,1-6H3/b8-7+,31-26-. The van der Waals surface area contributed by atoms with E-state index in [-0.39, 0.29) is 17.8 Å². The van der Waals surface area contributed by atoms with Crippen LogP contribution in [0.1, 0.15) is 50.3 Å². The summed E-state index contributed by atoms with van der Waals surface area (Å²) in [5, 5.41) is 3.10. The number of ether oxygens (including phenoxy) is 3. The lowest BCUT2D eigenvalue weighted by Crippen LogP contribution is -2.24. The lowest BCUT2D eigenvalue weighted by Gasteiger charge is -2.21. The summed E-state index contributed by atoms with van der Waals surface area (Å²) in [6.07, 6.45) is 0.546. The van der Waals surface area contributed by atoms with Gasteiger partial charge in [-0.15, -0.1) is 0 Å². The Labute approximate surface area is 205 Å². The first kappa shape index (κ1) is 28.1. The zero-order valence-corrected chi connectivity index (χ0v) is 21.1. The van der Waals surface area contributed by atoms with Gasteiger partial charge in [0.15, 0.2) is 5.71 Å². The molecule has 0 spiro atoms. The van der Waals surface area contributed by atoms with Crippen LogP contribution in [0.4, 0.5) is 13.2 Å². The fourth-order valence-corrected chi connectivity index (χ4v) is 3.49. The topological polar surface area (TPSA) is 49.3 Å². The third kappa shape index (κ3) is 8.85. The van der Waals surface area contributed by atoms with E-state index < -0.39 is 11.9 Å². The molecule has 0 aliphatic heterocycles. The second kappa shape index (κ2) is 13.1. The van der Waals surface area contributed by atoms with Crippen LogP contribution in [0, 0.1) is 13.8 Å². The molecule has 2 atom stereocenters. The Morgan fingerprint density at radius 1 is 0.943 bits per heavy atom. The van der Waals surface area contributed by atoms with Gasteiger partial charge in [-0.1, -0.05) is 17.3 Å². The predicted molar refractivity (Wildman–Crippen MR) is 132 cm³/mol. The lowest BCUT2D eigenvalue weighted by atomic mass is 10.1. The van der Waals surface area contributed by atoms with E-state index >= 15 is 0 Å². The molecule has 0 N–H and O–H groups in total. The van der Waals surface area contributed by atoms with Gasteiger partial charge < -0.3 is 19.0 Å². The van der Waals surface area contributed by atoms with Gasteiger partial charge in [0.2, 0.25) is 0 Å². The van der Waals surface area contributed by atoms with Gasteiger partial charge in [0, 0.05) is 5.56 Å². The molecular weight excluding hydrogens is 459 g/mol. The van der Waals surface area contributed by atoms with Crippen molar-refractivity contribution < 1.29 is 32.2 Å². The quantitative estimate of drug-likeness (QED) is 0.178. The van der Waals surface area contributed by atoms with Crippen molar-refractivity contribution in [1.82, 2.24) is 0 Å². The van der Waals surface area contributed by atoms with Crippen LogP contribution in [0.25, 0.3) is 0 Å². The molecule has 0 radical (unpaired) electrons. The zero-order chi connectivity index (χ0) is 26.0. The molecule has 8 heteroatoms. The SMILES string of the molecule is C/C=C/COc1cc(C)c(OC(C)CCC(C)Oc2ccc(/C(=N/OC)C(F)(F)F)cc2)c(C)c1. The van der Waals surface area contributed by atoms with Crippen molar-refractivity contribution in [2.45, 2.75) is 65.8 Å². The average molecular weight is 494 g/mol. The molecule has 0 heterocycles. The number of hydrogen-bond donors (Lipinski definition) is 0. The molecular formula is C27H34F3NO4. The van der Waals surface area contributed by atoms with Crippen LogP contribution in [-0.2, 0) is 4.84 Å². The van der Waals surface area contributed by atoms with Crippen molar-refractivity contribution >= 4 is 5.71 Å². The molecule has 2 unspecified atom stereocenters. The number of benzene rings is 2. The molecule has 2 rings (SSSR count). The smallest absolute Gasteiger partial charge is 0.437 e. The Balaban J connectivity index is 1.90. The van der Waals surface area contributed by atoms with Crippen molar-refractivity contribution in [3.63, 3.8) is 0 Å². The van der Waals surface area contributed by atoms with Gasteiger partial charge in [-0.25, -0.2) is 0 Å². The van der Waals surface area contributed by atoms with Crippen molar-refractivity contribution in [3.05, 3.63) is 65.2 Å². The molecule has 5 nitrogen and oxygen atoms in total. The van der Waals surface area contributed by atoms with Gasteiger partial charge in [0.05, 0.1) is 12.2 Å². The summed E-state index contributed by atoms with van der Waals surface area (Å²) in [6, 6.07) is 9.56. The fourth-order valence-electron chi connectivity index (χ4n) is 3.49. The molecule has 0 amide bonds. The molecule has 0 fully saturated rings. The van der Waals surface area contributed by atoms with E-state index in [1.165, 1.54) is 24.3 Å². The van der Waals surface area contributed by atoms with Gasteiger partial charge in [0.25, 0.3) is 0 Å². The van der Waals surface area contributed by atoms with Crippen LogP contribution in [-0.4, -0.2) is 37.8 Å². The molecule has 0 saturated carbocycles. The Morgan fingerprint density at radius 2 is 1.51 bits per heavy atom. The minimum Gasteiger partial charge on any atom is -0.491 e. The molecule has 2 aromatic rings. The van der Waals surface area contributed by atoms with E-state index in [1.54, 1.807) is 0 Å². The molecule has 0 aliphatic rings. The zero-order valence-electron chi connectivity index (χ0n) is 21.1. The van der Waals surface area contributed by atoms with Crippen LogP contribution in [0.5, 0.6) is 17.2 Å². The van der Waals surface area contributed by atoms with E-state index in [2.05, 4.69) is 9.99 Å². The van der Waals surface area contributed by atoms with Crippen molar-refractivity contribution in [2.24, 2.45) is 5.16 Å². The first-order valence-electron chi connectivity index (χ1n) is 11.5. The number of rotatable bonds is 12. The molecule has 0 aromatic heterocycles. The highest BCUT2D eigenvalue weighted by atomic mass is 19.4. The number of nitrogens with zero attached hydrogens (tertiary/aromatic N) is 1. The van der Waals surface area contributed by atoms with Crippen molar-refractivity contribution in [2.75, 3.05) is 13.7 Å². The predicted octanol–water partition coefficient (Wildman–Crippen LogP) is 7.19. The Morgan fingerprint density at radius 3 is 2.03 bits per heavy atom. The van der Waals surface area contributed by atoms with Gasteiger partial charge in [-0.3, -0.25) is 0 Å². The molecule has 192 valence electrons. The lowest BCUT2D eigenvalue weighted by molar-refractivity contribution is -0.0608. The summed E-state index contributed by atoms with van der Waals surface area (Å²) in [4.78, 5) is 4.33. The van der Waals surface area contributed by atoms with Gasteiger partial charge in [-0.05, 0) is 95.0 Å². The van der Waals surface area contributed by atoms with E-state index in [0.717, 1.165) is 36.2 Å². The number of alkyl halides is 3. The minimum atomic E-state index is -4.61. The number of oxime groups is 1. The second-order valence-corrected chi connectivity index (χ2v) is 8.35. The molecule has 0 bridgehead atoms. The van der Waals surface area contributed by atoms with Crippen LogP contribution >= 0.6 is 0 Å². The van der Waals surface area contributed by atoms with Crippen LogP contribution in [0.3, 0.4) is 0 Å². The maximum Gasteiger partial charge on any atom is 0.437 e. The van der Waals surface area contributed by atoms with Gasteiger partial charge in [-0.2, -0.15) is 13.2 Å². The third-order valence-corrected chi connectivity index (χ3v) is 5.23. The van der Waals surface area contributed by atoms with Crippen molar-refractivity contribution in [1.29, 1.82) is 0 Å². The summed E-state index contributed by atoms with van der Waals surface area (Å²) < 4.78 is 57.1. The summed E-state index contributed by atoms with van der Waals surface area (Å²) in [6.45, 7) is 10.4. The monoisotopic (exact) mass is 493 g/mol. The highest BCUT2D eigenvalue weighted by Gasteiger charge is 2.37. The Hall–Kier alpha value is -3.16. The number of halogens is 3. The average Bonchev–Trinajstić information content (AvgIpc) is 2.79. The largest absolute Gasteiger partial charge is 0.491 e. The van der Waals surface area contributed by atoms with Crippen LogP contribution in [0.2, 0.25) is 0 Å². The number of allylic oxidation sites excluding steroid dienone is 1. The first-order valence-corrected chi connectivity index (χ1v) is 11.5. The molecule has 35 heavy (non-hydrogen) atoms. The number of hydrogen-bond acceptors (Lipinski definition) is 5.